The Balaban J connectivity index is 1.52. The molecule has 0 unspecified atom stereocenters. The zero-order valence-electron chi connectivity index (χ0n) is 24.2. The van der Waals surface area contributed by atoms with Crippen LogP contribution in [0.25, 0.3) is 10.9 Å². The number of rotatable bonds is 11. The second kappa shape index (κ2) is 13.1. The number of aromatic nitrogens is 8. The summed E-state index contributed by atoms with van der Waals surface area (Å²) >= 11 is 12.4. The Kier molecular flexibility index (Phi) is 9.27. The van der Waals surface area contributed by atoms with E-state index in [4.69, 9.17) is 27.9 Å². The van der Waals surface area contributed by atoms with Crippen molar-refractivity contribution < 1.29 is 18.3 Å². The Morgan fingerprint density at radius 1 is 1.04 bits per heavy atom. The summed E-state index contributed by atoms with van der Waals surface area (Å²) in [6.45, 7) is -0.0317. The third-order valence-electron chi connectivity index (χ3n) is 6.76. The van der Waals surface area contributed by atoms with Crippen molar-refractivity contribution in [2.75, 3.05) is 32.6 Å². The highest BCUT2D eigenvalue weighted by Crippen LogP contribution is 2.30. The van der Waals surface area contributed by atoms with Gasteiger partial charge in [0.05, 0.1) is 40.9 Å². The van der Waals surface area contributed by atoms with Crippen LogP contribution < -0.4 is 16.7 Å². The molecule has 0 aliphatic carbocycles. The summed E-state index contributed by atoms with van der Waals surface area (Å²) in [6.07, 6.45) is 3.03. The molecule has 3 heterocycles. The van der Waals surface area contributed by atoms with E-state index in [0.717, 1.165) is 15.2 Å². The monoisotopic (exact) mass is 662 g/mol. The van der Waals surface area contributed by atoms with E-state index in [1.165, 1.54) is 26.7 Å². The molecular weight excluding hydrogens is 637 g/mol. The third kappa shape index (κ3) is 7.02. The van der Waals surface area contributed by atoms with E-state index in [9.17, 15) is 23.2 Å². The number of aryl methyl sites for hydroxylation is 1. The number of hydrogen-bond acceptors (Lipinski definition) is 9. The van der Waals surface area contributed by atoms with E-state index in [1.807, 2.05) is 0 Å². The van der Waals surface area contributed by atoms with Crippen LogP contribution in [0.1, 0.15) is 11.4 Å². The van der Waals surface area contributed by atoms with Crippen molar-refractivity contribution in [2.24, 2.45) is 7.05 Å². The highest BCUT2D eigenvalue weighted by Gasteiger charge is 2.20. The van der Waals surface area contributed by atoms with E-state index >= 15 is 0 Å². The van der Waals surface area contributed by atoms with Gasteiger partial charge in [0.2, 0.25) is 11.9 Å². The average molecular weight is 663 g/mol. The van der Waals surface area contributed by atoms with Gasteiger partial charge in [0.15, 0.2) is 5.82 Å². The summed E-state index contributed by atoms with van der Waals surface area (Å²) in [5.41, 5.74) is -1.26. The lowest BCUT2D eigenvalue weighted by atomic mass is 10.2. The molecule has 0 saturated carbocycles. The maximum Gasteiger partial charge on any atom is 0.355 e. The van der Waals surface area contributed by atoms with Crippen molar-refractivity contribution in [1.29, 1.82) is 0 Å². The second-order valence-corrected chi connectivity index (χ2v) is 10.8. The Labute approximate surface area is 263 Å². The maximum atomic E-state index is 14.8. The van der Waals surface area contributed by atoms with Crippen LogP contribution in [0.4, 0.5) is 20.4 Å². The van der Waals surface area contributed by atoms with E-state index in [0.29, 0.717) is 30.1 Å². The zero-order valence-corrected chi connectivity index (χ0v) is 25.7. The molecule has 0 fully saturated rings. The molecule has 0 atom stereocenters. The van der Waals surface area contributed by atoms with Crippen LogP contribution >= 0.6 is 23.2 Å². The van der Waals surface area contributed by atoms with Gasteiger partial charge in [0.1, 0.15) is 24.5 Å². The quantitative estimate of drug-likeness (QED) is 0.211. The van der Waals surface area contributed by atoms with Crippen LogP contribution in [0.15, 0.2) is 46.4 Å². The van der Waals surface area contributed by atoms with Crippen molar-refractivity contribution >= 4 is 51.6 Å². The van der Waals surface area contributed by atoms with Gasteiger partial charge in [-0.15, -0.1) is 0 Å². The summed E-state index contributed by atoms with van der Waals surface area (Å²) < 4.78 is 38.3. The fourth-order valence-electron chi connectivity index (χ4n) is 4.36. The van der Waals surface area contributed by atoms with Crippen LogP contribution in [0.2, 0.25) is 10.0 Å². The number of anilines is 2. The van der Waals surface area contributed by atoms with Gasteiger partial charge < -0.3 is 15.0 Å². The number of likely N-dealkylation sites (N-methyl/N-ethyl adjacent to an activating group) is 1. The molecule has 0 bridgehead atoms. The van der Waals surface area contributed by atoms with E-state index in [-0.39, 0.29) is 52.1 Å². The molecule has 1 N–H and O–H groups in total. The molecular formula is C27H26Cl2F2N10O4. The number of hydrogen-bond donors (Lipinski definition) is 1. The van der Waals surface area contributed by atoms with Gasteiger partial charge in [0.25, 0.3) is 0 Å². The number of methoxy groups -OCH3 is 1. The molecule has 0 spiro atoms. The molecule has 1 amide bonds. The molecule has 14 nitrogen and oxygen atoms in total. The van der Waals surface area contributed by atoms with Gasteiger partial charge >= 0.3 is 11.4 Å². The SMILES string of the molecule is COCCN(C)C(=O)Cn1cc2cc(Nc3nc(=O)n(Cc4ncn(C)n4)c(=O)n3Cc3cc(Cl)c(F)cc3F)c(Cl)cc2n1. The lowest BCUT2D eigenvalue weighted by Crippen LogP contribution is -2.43. The molecule has 2 aromatic carbocycles. The minimum Gasteiger partial charge on any atom is -0.383 e. The van der Waals surface area contributed by atoms with Crippen molar-refractivity contribution in [3.63, 3.8) is 0 Å². The summed E-state index contributed by atoms with van der Waals surface area (Å²) in [5.74, 6) is -2.24. The molecule has 236 valence electrons. The zero-order chi connectivity index (χ0) is 32.4. The molecule has 0 aliphatic heterocycles. The standard InChI is InChI=1S/C27H26Cl2F2N10O4/c1-37(4-5-45-3)24(42)13-39-10-16-7-22(18(29)8-21(16)35-39)33-25-34-26(43)41(12-23-32-14-38(2)36-23)27(44)40(25)11-15-6-17(28)20(31)9-19(15)30/h6-10,14H,4-5,11-13H2,1-3H3,(H,33,34,43). The van der Waals surface area contributed by atoms with Gasteiger partial charge in [0, 0.05) is 51.0 Å². The smallest absolute Gasteiger partial charge is 0.355 e. The number of halogens is 4. The lowest BCUT2D eigenvalue weighted by Gasteiger charge is -2.16. The Hall–Kier alpha value is -4.67. The number of ether oxygens (including phenoxy) is 1. The summed E-state index contributed by atoms with van der Waals surface area (Å²) in [4.78, 5) is 48.9. The summed E-state index contributed by atoms with van der Waals surface area (Å²) in [6, 6.07) is 4.76. The van der Waals surface area contributed by atoms with Gasteiger partial charge in [-0.05, 0) is 18.2 Å². The normalized spacial score (nSPS) is 11.4. The molecule has 5 rings (SSSR count). The molecule has 0 aliphatic rings. The van der Waals surface area contributed by atoms with Gasteiger partial charge in [-0.3, -0.25) is 18.7 Å². The second-order valence-electron chi connectivity index (χ2n) is 10.0. The van der Waals surface area contributed by atoms with Crippen molar-refractivity contribution in [1.82, 2.24) is 43.6 Å². The highest BCUT2D eigenvalue weighted by molar-refractivity contribution is 6.34. The van der Waals surface area contributed by atoms with Crippen LogP contribution in [0.5, 0.6) is 0 Å². The molecule has 3 aromatic heterocycles. The van der Waals surface area contributed by atoms with E-state index in [1.54, 1.807) is 33.5 Å². The Morgan fingerprint density at radius 3 is 2.53 bits per heavy atom. The van der Waals surface area contributed by atoms with Crippen LogP contribution in [0, 0.1) is 11.6 Å². The molecule has 5 aromatic rings. The summed E-state index contributed by atoms with van der Waals surface area (Å²) in [7, 11) is 4.82. The number of carbonyl (C=O) groups excluding carboxylic acids is 1. The largest absolute Gasteiger partial charge is 0.383 e. The first-order valence-electron chi connectivity index (χ1n) is 13.3. The third-order valence-corrected chi connectivity index (χ3v) is 7.36. The summed E-state index contributed by atoms with van der Waals surface area (Å²) in [5, 5.41) is 11.7. The van der Waals surface area contributed by atoms with Gasteiger partial charge in [-0.25, -0.2) is 27.9 Å². The van der Waals surface area contributed by atoms with Crippen LogP contribution in [-0.4, -0.2) is 76.8 Å². The minimum atomic E-state index is -0.975. The van der Waals surface area contributed by atoms with Crippen molar-refractivity contribution in [3.8, 4) is 0 Å². The number of benzene rings is 2. The lowest BCUT2D eigenvalue weighted by molar-refractivity contribution is -0.131. The molecule has 0 radical (unpaired) electrons. The first kappa shape index (κ1) is 31.7. The fourth-order valence-corrected chi connectivity index (χ4v) is 4.75. The first-order chi connectivity index (χ1) is 21.4. The fraction of sp³-hybridized carbons (Fsp3) is 0.296. The predicted octanol–water partition coefficient (Wildman–Crippen LogP) is 2.41. The molecule has 0 saturated heterocycles. The van der Waals surface area contributed by atoms with Crippen LogP contribution in [0.3, 0.4) is 0 Å². The topological polar surface area (TPSA) is 147 Å². The average Bonchev–Trinajstić information content (AvgIpc) is 3.58. The predicted molar refractivity (Wildman–Crippen MR) is 161 cm³/mol. The maximum absolute atomic E-state index is 14.8. The Morgan fingerprint density at radius 2 is 1.82 bits per heavy atom. The number of carbonyl (C=O) groups is 1. The van der Waals surface area contributed by atoms with Crippen molar-refractivity contribution in [3.05, 3.63) is 90.8 Å². The number of fused-ring (bicyclic) bond motifs is 1. The van der Waals surface area contributed by atoms with Crippen molar-refractivity contribution in [2.45, 2.75) is 19.6 Å². The highest BCUT2D eigenvalue weighted by atomic mass is 35.5. The van der Waals surface area contributed by atoms with Crippen LogP contribution in [-0.2, 0) is 36.2 Å². The van der Waals surface area contributed by atoms with Gasteiger partial charge in [-0.1, -0.05) is 23.2 Å². The molecule has 18 heteroatoms. The minimum absolute atomic E-state index is 0.0362. The van der Waals surface area contributed by atoms with E-state index in [2.05, 4.69) is 25.5 Å². The van der Waals surface area contributed by atoms with Gasteiger partial charge in [-0.2, -0.15) is 15.2 Å². The molecule has 45 heavy (non-hydrogen) atoms. The number of amides is 1. The first-order valence-corrected chi connectivity index (χ1v) is 14.0. The number of nitrogens with one attached hydrogen (secondary N) is 1. The number of nitrogens with zero attached hydrogens (tertiary/aromatic N) is 9. The Bertz CT molecular complexity index is 2020. The van der Waals surface area contributed by atoms with E-state index < -0.39 is 29.6 Å².